The summed E-state index contributed by atoms with van der Waals surface area (Å²) in [5, 5.41) is 3.84. The standard InChI is InChI=1S/2C19H28P.2ClH.Zr/c2*1-5-7-11-20(12-8-6-2)17-13-18-15(3)9-10-16(4)19(18)14-17;;;/h2*9-10,13-14H,5-8,11-12H2,1-4H3;2*1H;/q;;;;+2/p-2. The Bertz CT molecular complexity index is 1140. The van der Waals surface area contributed by atoms with Gasteiger partial charge in [-0.2, -0.15) is 0 Å². The monoisotopic (exact) mass is 734 g/mol. The maximum atomic E-state index is 2.76. The normalized spacial score (nSPS) is 16.8. The second-order valence-corrected chi connectivity index (χ2v) is 21.3. The van der Waals surface area contributed by atoms with Crippen LogP contribution in [0.15, 0.2) is 34.9 Å². The van der Waals surface area contributed by atoms with Crippen LogP contribution in [0.1, 0.15) is 131 Å². The molecule has 0 saturated heterocycles. The molecule has 0 aliphatic heterocycles. The number of benzene rings is 2. The minimum atomic E-state index is -0.905. The molecule has 0 nitrogen and oxygen atoms in total. The minimum Gasteiger partial charge on any atom is -1.00 e. The first-order valence-corrected chi connectivity index (χ1v) is 23.0. The van der Waals surface area contributed by atoms with Gasteiger partial charge in [-0.3, -0.25) is 0 Å². The fourth-order valence-corrected chi connectivity index (χ4v) is 21.0. The van der Waals surface area contributed by atoms with Crippen molar-refractivity contribution in [2.75, 3.05) is 24.6 Å². The van der Waals surface area contributed by atoms with E-state index in [4.69, 9.17) is 0 Å². The minimum absolute atomic E-state index is 0. The van der Waals surface area contributed by atoms with E-state index in [9.17, 15) is 0 Å². The van der Waals surface area contributed by atoms with Crippen LogP contribution in [0.3, 0.4) is 0 Å². The van der Waals surface area contributed by atoms with E-state index < -0.39 is 23.2 Å². The molecule has 0 fully saturated rings. The molecule has 0 N–H and O–H groups in total. The maximum Gasteiger partial charge on any atom is -1.00 e. The smallest absolute Gasteiger partial charge is 1.00 e. The van der Waals surface area contributed by atoms with E-state index in [0.29, 0.717) is 0 Å². The Morgan fingerprint density at radius 3 is 1.12 bits per heavy atom. The Morgan fingerprint density at radius 2 is 0.814 bits per heavy atom. The third-order valence-electron chi connectivity index (χ3n) is 9.39. The molecule has 5 heteroatoms. The molecule has 2 aliphatic rings. The fraction of sp³-hybridized carbons (Fsp3) is 0.579. The Labute approximate surface area is 292 Å². The number of hydrogen-bond donors (Lipinski definition) is 0. The molecular formula is C38H56Cl2P2Zr. The summed E-state index contributed by atoms with van der Waals surface area (Å²) in [7, 11) is -0.0885. The molecular weight excluding hydrogens is 680 g/mol. The van der Waals surface area contributed by atoms with Crippen LogP contribution in [-0.4, -0.2) is 24.6 Å². The molecule has 0 saturated carbocycles. The van der Waals surface area contributed by atoms with Gasteiger partial charge in [0, 0.05) is 0 Å². The topological polar surface area (TPSA) is 0 Å². The molecule has 43 heavy (non-hydrogen) atoms. The van der Waals surface area contributed by atoms with Gasteiger partial charge in [0.15, 0.2) is 0 Å². The summed E-state index contributed by atoms with van der Waals surface area (Å²) in [4.78, 5) is 0. The number of hydrogen-bond acceptors (Lipinski definition) is 0. The third kappa shape index (κ3) is 9.20. The average Bonchev–Trinajstić information content (AvgIpc) is 3.54. The van der Waals surface area contributed by atoms with Crippen molar-refractivity contribution in [1.29, 1.82) is 0 Å². The number of fused-ring (bicyclic) bond motifs is 2. The van der Waals surface area contributed by atoms with Gasteiger partial charge in [-0.15, -0.1) is 0 Å². The van der Waals surface area contributed by atoms with Gasteiger partial charge in [0.05, 0.1) is 0 Å². The van der Waals surface area contributed by atoms with Gasteiger partial charge >= 0.3 is 269 Å². The molecule has 2 unspecified atom stereocenters. The summed E-state index contributed by atoms with van der Waals surface area (Å²) in [6.45, 7) is 19.1. The number of halogens is 2. The molecule has 236 valence electrons. The van der Waals surface area contributed by atoms with Crippen molar-refractivity contribution < 1.29 is 48.0 Å². The Balaban J connectivity index is 0.00000323. The van der Waals surface area contributed by atoms with Crippen LogP contribution in [0.25, 0.3) is 12.2 Å². The molecule has 2 aliphatic carbocycles. The summed E-state index contributed by atoms with van der Waals surface area (Å²) in [6, 6.07) is 9.69. The second-order valence-electron chi connectivity index (χ2n) is 12.6. The summed E-state index contributed by atoms with van der Waals surface area (Å²) in [6.07, 6.45) is 22.2. The van der Waals surface area contributed by atoms with Crippen LogP contribution >= 0.6 is 15.8 Å². The molecule has 2 aromatic carbocycles. The quantitative estimate of drug-likeness (QED) is 0.169. The van der Waals surface area contributed by atoms with Crippen LogP contribution in [0.2, 0.25) is 0 Å². The van der Waals surface area contributed by atoms with Crippen LogP contribution in [0.5, 0.6) is 0 Å². The summed E-state index contributed by atoms with van der Waals surface area (Å²) in [5.74, 6) is 0. The van der Waals surface area contributed by atoms with Crippen molar-refractivity contribution in [2.24, 2.45) is 0 Å². The first kappa shape index (κ1) is 39.4. The van der Waals surface area contributed by atoms with Gasteiger partial charge in [0.25, 0.3) is 0 Å². The van der Waals surface area contributed by atoms with Crippen LogP contribution in [0.4, 0.5) is 0 Å². The first-order chi connectivity index (χ1) is 19.9. The molecule has 2 aromatic rings. The van der Waals surface area contributed by atoms with E-state index in [1.54, 1.807) is 33.4 Å². The second kappa shape index (κ2) is 19.2. The van der Waals surface area contributed by atoms with Crippen LogP contribution in [-0.2, 0) is 23.2 Å². The number of aryl methyl sites for hydroxylation is 4. The van der Waals surface area contributed by atoms with E-state index in [0.717, 1.165) is 7.25 Å². The molecule has 0 heterocycles. The Morgan fingerprint density at radius 1 is 0.512 bits per heavy atom. The number of allylic oxidation sites excluding steroid dienone is 2. The van der Waals surface area contributed by atoms with Gasteiger partial charge in [-0.1, -0.05) is 0 Å². The van der Waals surface area contributed by atoms with Crippen molar-refractivity contribution in [3.63, 3.8) is 0 Å². The summed E-state index contributed by atoms with van der Waals surface area (Å²) < 4.78 is 1.50. The van der Waals surface area contributed by atoms with Crippen molar-refractivity contribution in [3.05, 3.63) is 79.4 Å². The Hall–Kier alpha value is 0.243. The molecule has 0 amide bonds. The molecule has 4 rings (SSSR count). The predicted octanol–water partition coefficient (Wildman–Crippen LogP) is 6.67. The molecule has 0 aromatic heterocycles. The van der Waals surface area contributed by atoms with E-state index in [-0.39, 0.29) is 40.7 Å². The largest absolute Gasteiger partial charge is 1.00 e. The van der Waals surface area contributed by atoms with Crippen molar-refractivity contribution in [1.82, 2.24) is 0 Å². The van der Waals surface area contributed by atoms with Gasteiger partial charge in [-0.05, 0) is 0 Å². The van der Waals surface area contributed by atoms with Gasteiger partial charge in [-0.25, -0.2) is 0 Å². The SMILES string of the molecule is CCCCP(CCCC)C1=Cc2c(C)ccc(C)c2[CH]1[Zr+2][CH]1C(P(CCCC)CCCC)=Cc2c(C)ccc(C)c21.[Cl-].[Cl-]. The molecule has 2 atom stereocenters. The van der Waals surface area contributed by atoms with E-state index in [1.165, 1.54) is 87.1 Å². The zero-order chi connectivity index (χ0) is 29.5. The molecule has 0 spiro atoms. The van der Waals surface area contributed by atoms with E-state index in [2.05, 4.69) is 91.8 Å². The summed E-state index contributed by atoms with van der Waals surface area (Å²) in [5.41, 5.74) is 12.9. The van der Waals surface area contributed by atoms with Crippen LogP contribution < -0.4 is 24.8 Å². The fourth-order valence-electron chi connectivity index (χ4n) is 6.80. The van der Waals surface area contributed by atoms with Crippen LogP contribution in [0, 0.1) is 27.7 Å². The van der Waals surface area contributed by atoms with E-state index in [1.807, 2.05) is 10.6 Å². The van der Waals surface area contributed by atoms with Gasteiger partial charge < -0.3 is 24.8 Å². The van der Waals surface area contributed by atoms with Gasteiger partial charge in [0.1, 0.15) is 0 Å². The molecule has 0 radical (unpaired) electrons. The summed E-state index contributed by atoms with van der Waals surface area (Å²) >= 11 is -0.905. The predicted molar refractivity (Wildman–Crippen MR) is 186 cm³/mol. The van der Waals surface area contributed by atoms with Crippen molar-refractivity contribution >= 4 is 28.0 Å². The number of unbranched alkanes of at least 4 members (excludes halogenated alkanes) is 4. The average molecular weight is 737 g/mol. The number of rotatable bonds is 16. The van der Waals surface area contributed by atoms with E-state index >= 15 is 0 Å². The van der Waals surface area contributed by atoms with Crippen molar-refractivity contribution in [2.45, 2.75) is 114 Å². The third-order valence-corrected chi connectivity index (χ3v) is 20.8. The Kier molecular flexibility index (Phi) is 17.6. The zero-order valence-corrected chi connectivity index (χ0v) is 34.0. The first-order valence-electron chi connectivity index (χ1n) is 16.7. The maximum absolute atomic E-state index is 2.76. The van der Waals surface area contributed by atoms with Crippen molar-refractivity contribution in [3.8, 4) is 0 Å². The molecule has 0 bridgehead atoms. The van der Waals surface area contributed by atoms with Gasteiger partial charge in [0.2, 0.25) is 0 Å². The zero-order valence-electron chi connectivity index (χ0n) is 28.3.